The van der Waals surface area contributed by atoms with Gasteiger partial charge in [0, 0.05) is 23.8 Å². The number of non-ortho nitro benzene ring substituents is 1. The minimum Gasteiger partial charge on any atom is -0.493 e. The summed E-state index contributed by atoms with van der Waals surface area (Å²) in [6.07, 6.45) is 4.31. The van der Waals surface area contributed by atoms with E-state index in [9.17, 15) is 20.2 Å². The highest BCUT2D eigenvalue weighted by Gasteiger charge is 2.32. The van der Waals surface area contributed by atoms with Crippen molar-refractivity contribution in [3.63, 3.8) is 0 Å². The number of nitrogens with two attached hydrogens (primary N) is 1. The third-order valence-corrected chi connectivity index (χ3v) is 6.89. The van der Waals surface area contributed by atoms with Gasteiger partial charge in [-0.1, -0.05) is 49.9 Å². The predicted molar refractivity (Wildman–Crippen MR) is 151 cm³/mol. The van der Waals surface area contributed by atoms with E-state index in [2.05, 4.69) is 13.0 Å². The van der Waals surface area contributed by atoms with Crippen LogP contribution in [0.3, 0.4) is 0 Å². The number of nitro benzene ring substituents is 1. The molecule has 41 heavy (non-hydrogen) atoms. The Labute approximate surface area is 242 Å². The second kappa shape index (κ2) is 13.1. The molecular weight excluding hydrogens is 550 g/mol. The first-order chi connectivity index (χ1) is 19.8. The topological polar surface area (TPSA) is 147 Å². The highest BCUT2D eigenvalue weighted by Crippen LogP contribution is 2.45. The van der Waals surface area contributed by atoms with Crippen LogP contribution in [0.4, 0.5) is 5.69 Å². The lowest BCUT2D eigenvalue weighted by Crippen LogP contribution is -2.21. The number of benzene rings is 3. The van der Waals surface area contributed by atoms with E-state index in [1.165, 1.54) is 24.3 Å². The molecule has 0 saturated carbocycles. The van der Waals surface area contributed by atoms with Gasteiger partial charge in [-0.3, -0.25) is 10.1 Å². The van der Waals surface area contributed by atoms with E-state index in [1.54, 1.807) is 25.3 Å². The molecular formula is C30H28ClN3O7. The molecule has 0 aliphatic carbocycles. The van der Waals surface area contributed by atoms with Crippen LogP contribution in [0.25, 0.3) is 0 Å². The van der Waals surface area contributed by atoms with Crippen LogP contribution in [-0.4, -0.2) is 24.6 Å². The van der Waals surface area contributed by atoms with Crippen molar-refractivity contribution in [1.82, 2.24) is 0 Å². The zero-order valence-corrected chi connectivity index (χ0v) is 23.3. The fraction of sp³-hybridized carbons (Fsp3) is 0.267. The van der Waals surface area contributed by atoms with Crippen LogP contribution in [0.2, 0.25) is 5.02 Å². The van der Waals surface area contributed by atoms with Crippen LogP contribution < -0.4 is 24.7 Å². The number of carbonyl (C=O) groups is 1. The Morgan fingerprint density at radius 3 is 2.63 bits per heavy atom. The fourth-order valence-corrected chi connectivity index (χ4v) is 4.68. The summed E-state index contributed by atoms with van der Waals surface area (Å²) >= 11 is 6.08. The van der Waals surface area contributed by atoms with Crippen molar-refractivity contribution >= 4 is 23.3 Å². The van der Waals surface area contributed by atoms with E-state index in [4.69, 9.17) is 36.3 Å². The maximum Gasteiger partial charge on any atom is 0.345 e. The first kappa shape index (κ1) is 29.2. The van der Waals surface area contributed by atoms with Gasteiger partial charge < -0.3 is 24.7 Å². The Balaban J connectivity index is 1.62. The molecule has 1 aliphatic heterocycles. The molecule has 4 rings (SSSR count). The third kappa shape index (κ3) is 6.53. The summed E-state index contributed by atoms with van der Waals surface area (Å²) in [5, 5.41) is 21.0. The van der Waals surface area contributed by atoms with Crippen molar-refractivity contribution in [2.24, 2.45) is 5.73 Å². The first-order valence-corrected chi connectivity index (χ1v) is 13.3. The average Bonchev–Trinajstić information content (AvgIpc) is 2.96. The summed E-state index contributed by atoms with van der Waals surface area (Å²) in [5.74, 6) is -0.0939. The van der Waals surface area contributed by atoms with Gasteiger partial charge in [-0.05, 0) is 36.2 Å². The van der Waals surface area contributed by atoms with Gasteiger partial charge in [0.1, 0.15) is 23.1 Å². The average molecular weight is 578 g/mol. The number of rotatable bonds is 11. The maximum absolute atomic E-state index is 12.8. The summed E-state index contributed by atoms with van der Waals surface area (Å²) < 4.78 is 22.7. The van der Waals surface area contributed by atoms with E-state index in [0.717, 1.165) is 37.3 Å². The van der Waals surface area contributed by atoms with Crippen molar-refractivity contribution in [2.45, 2.75) is 38.5 Å². The number of esters is 1. The van der Waals surface area contributed by atoms with Crippen molar-refractivity contribution in [3.8, 4) is 29.1 Å². The van der Waals surface area contributed by atoms with E-state index in [1.807, 2.05) is 6.07 Å². The molecule has 1 atom stereocenters. The number of allylic oxidation sites excluding steroid dienone is 1. The molecule has 11 heteroatoms. The second-order valence-corrected chi connectivity index (χ2v) is 9.66. The van der Waals surface area contributed by atoms with Gasteiger partial charge in [0.25, 0.3) is 5.69 Å². The smallest absolute Gasteiger partial charge is 0.345 e. The van der Waals surface area contributed by atoms with Gasteiger partial charge in [-0.2, -0.15) is 5.26 Å². The van der Waals surface area contributed by atoms with Crippen LogP contribution in [0.15, 0.2) is 66.1 Å². The quantitative estimate of drug-likeness (QED) is 0.0868. The number of methoxy groups -OCH3 is 1. The first-order valence-electron chi connectivity index (χ1n) is 13.0. The van der Waals surface area contributed by atoms with Gasteiger partial charge in [0.15, 0.2) is 11.5 Å². The van der Waals surface area contributed by atoms with E-state index in [0.29, 0.717) is 23.7 Å². The zero-order valence-electron chi connectivity index (χ0n) is 22.5. The Morgan fingerprint density at radius 2 is 1.93 bits per heavy atom. The molecule has 0 amide bonds. The molecule has 1 heterocycles. The Hall–Kier alpha value is -4.75. The Morgan fingerprint density at radius 1 is 1.12 bits per heavy atom. The lowest BCUT2D eigenvalue weighted by atomic mass is 9.83. The summed E-state index contributed by atoms with van der Waals surface area (Å²) in [6.45, 7) is 2.71. The van der Waals surface area contributed by atoms with Crippen LogP contribution in [0, 0.1) is 21.4 Å². The normalized spacial score (nSPS) is 14.0. The highest BCUT2D eigenvalue weighted by atomic mass is 35.5. The molecule has 0 aromatic heterocycles. The van der Waals surface area contributed by atoms with E-state index in [-0.39, 0.29) is 39.2 Å². The molecule has 10 nitrogen and oxygen atoms in total. The number of nitrogens with zero attached hydrogens (tertiary/aromatic N) is 2. The second-order valence-electron chi connectivity index (χ2n) is 9.25. The van der Waals surface area contributed by atoms with Crippen molar-refractivity contribution in [1.29, 1.82) is 5.26 Å². The van der Waals surface area contributed by atoms with E-state index < -0.39 is 16.8 Å². The minimum absolute atomic E-state index is 0.00282. The Kier molecular flexibility index (Phi) is 9.32. The number of unbranched alkanes of at least 4 members (excludes halogenated alkanes) is 3. The maximum atomic E-state index is 12.8. The number of hydrogen-bond acceptors (Lipinski definition) is 9. The molecule has 2 N–H and O–H groups in total. The van der Waals surface area contributed by atoms with E-state index >= 15 is 0 Å². The van der Waals surface area contributed by atoms with Crippen LogP contribution in [0.5, 0.6) is 23.0 Å². The van der Waals surface area contributed by atoms with Crippen molar-refractivity contribution in [2.75, 3.05) is 13.7 Å². The molecule has 0 spiro atoms. The Bertz CT molecular complexity index is 1550. The molecule has 0 radical (unpaired) electrons. The lowest BCUT2D eigenvalue weighted by molar-refractivity contribution is -0.384. The number of hydrogen-bond donors (Lipinski definition) is 1. The number of ether oxygens (including phenoxy) is 4. The molecule has 0 bridgehead atoms. The van der Waals surface area contributed by atoms with Gasteiger partial charge in [0.05, 0.1) is 35.1 Å². The highest BCUT2D eigenvalue weighted by molar-refractivity contribution is 6.33. The summed E-state index contributed by atoms with van der Waals surface area (Å²) in [6, 6.07) is 15.7. The van der Waals surface area contributed by atoms with Gasteiger partial charge in [0.2, 0.25) is 5.88 Å². The van der Waals surface area contributed by atoms with Crippen LogP contribution >= 0.6 is 11.6 Å². The SMILES string of the molecule is CCCCCCOc1ccc(C2C(C#N)=C(N)Oc3cc(OC(=O)c4cc([N+](=O)[O-])ccc4Cl)ccc32)cc1OC. The van der Waals surface area contributed by atoms with Gasteiger partial charge in [-0.15, -0.1) is 0 Å². The largest absolute Gasteiger partial charge is 0.493 e. The predicted octanol–water partition coefficient (Wildman–Crippen LogP) is 6.65. The summed E-state index contributed by atoms with van der Waals surface area (Å²) in [5.41, 5.74) is 7.21. The number of nitriles is 1. The molecule has 212 valence electrons. The lowest BCUT2D eigenvalue weighted by Gasteiger charge is -2.27. The molecule has 0 fully saturated rings. The molecule has 1 aliphatic rings. The monoisotopic (exact) mass is 577 g/mol. The fourth-order valence-electron chi connectivity index (χ4n) is 4.48. The molecule has 3 aromatic carbocycles. The molecule has 3 aromatic rings. The van der Waals surface area contributed by atoms with Crippen LogP contribution in [-0.2, 0) is 0 Å². The molecule has 1 unspecified atom stereocenters. The number of carbonyl (C=O) groups excluding carboxylic acids is 1. The number of fused-ring (bicyclic) bond motifs is 1. The van der Waals surface area contributed by atoms with Crippen molar-refractivity contribution < 1.29 is 28.7 Å². The van der Waals surface area contributed by atoms with Gasteiger partial charge in [-0.25, -0.2) is 4.79 Å². The summed E-state index contributed by atoms with van der Waals surface area (Å²) in [7, 11) is 1.55. The number of halogens is 1. The zero-order chi connectivity index (χ0) is 29.5. The standard InChI is InChI=1S/C30H28ClN3O7/c1-3-4-5-6-13-39-25-12-7-18(14-27(25)38-2)28-21-10-9-20(16-26(21)41-29(33)23(28)17-32)40-30(35)22-15-19(34(36)37)8-11-24(22)31/h7-12,14-16,28H,3-6,13,33H2,1-2H3. The van der Waals surface area contributed by atoms with Crippen molar-refractivity contribution in [3.05, 3.63) is 97.9 Å². The third-order valence-electron chi connectivity index (χ3n) is 6.56. The summed E-state index contributed by atoms with van der Waals surface area (Å²) in [4.78, 5) is 23.3. The molecule has 0 saturated heterocycles. The van der Waals surface area contributed by atoms with Gasteiger partial charge >= 0.3 is 5.97 Å². The minimum atomic E-state index is -0.887. The number of nitro groups is 1. The van der Waals surface area contributed by atoms with Crippen LogP contribution in [0.1, 0.15) is 60.0 Å².